The first-order valence-electron chi connectivity index (χ1n) is 12.2. The van der Waals surface area contributed by atoms with Crippen LogP contribution in [0, 0.1) is 0 Å². The number of ether oxygens (including phenoxy) is 1. The maximum atomic E-state index is 13.9. The van der Waals surface area contributed by atoms with Crippen LogP contribution in [0.2, 0.25) is 0 Å². The Kier molecular flexibility index (Phi) is 7.23. The number of fused-ring (bicyclic) bond motifs is 1. The number of sulfonamides is 1. The van der Waals surface area contributed by atoms with Gasteiger partial charge in [0.2, 0.25) is 10.0 Å². The van der Waals surface area contributed by atoms with Crippen molar-refractivity contribution in [1.82, 2.24) is 4.90 Å². The Labute approximate surface area is 217 Å². The number of amides is 1. The van der Waals surface area contributed by atoms with Crippen molar-refractivity contribution in [3.8, 4) is 5.75 Å². The molecule has 1 heterocycles. The molecule has 0 spiro atoms. The Hall–Kier alpha value is -4.10. The van der Waals surface area contributed by atoms with Gasteiger partial charge in [-0.2, -0.15) is 0 Å². The first kappa shape index (κ1) is 24.6. The zero-order valence-electron chi connectivity index (χ0n) is 20.3. The van der Waals surface area contributed by atoms with Gasteiger partial charge in [0.15, 0.2) is 6.10 Å². The van der Waals surface area contributed by atoms with Gasteiger partial charge in [0.1, 0.15) is 5.75 Å². The molecular formula is C30H28N2O4S. The Balaban J connectivity index is 1.45. The molecule has 1 aliphatic rings. The van der Waals surface area contributed by atoms with Crippen molar-refractivity contribution in [3.63, 3.8) is 0 Å². The van der Waals surface area contributed by atoms with Crippen molar-refractivity contribution < 1.29 is 17.9 Å². The highest BCUT2D eigenvalue weighted by Gasteiger charge is 2.38. The molecule has 1 unspecified atom stereocenters. The molecule has 1 aliphatic heterocycles. The molecule has 4 aromatic carbocycles. The van der Waals surface area contributed by atoms with E-state index in [0.29, 0.717) is 30.1 Å². The molecule has 0 aromatic heterocycles. The molecule has 0 bridgehead atoms. The molecule has 0 saturated carbocycles. The summed E-state index contributed by atoms with van der Waals surface area (Å²) in [6, 6.07) is 35.5. The van der Waals surface area contributed by atoms with E-state index in [-0.39, 0.29) is 18.2 Å². The number of anilines is 1. The molecule has 37 heavy (non-hydrogen) atoms. The number of nitrogens with zero attached hydrogens (tertiary/aromatic N) is 2. The summed E-state index contributed by atoms with van der Waals surface area (Å²) in [5, 5.41) is 0. The first-order valence-corrected chi connectivity index (χ1v) is 13.8. The predicted octanol–water partition coefficient (Wildman–Crippen LogP) is 5.01. The van der Waals surface area contributed by atoms with E-state index >= 15 is 0 Å². The van der Waals surface area contributed by atoms with Crippen LogP contribution in [0.1, 0.15) is 16.7 Å². The second kappa shape index (κ2) is 10.9. The molecule has 1 amide bonds. The van der Waals surface area contributed by atoms with E-state index in [1.165, 1.54) is 4.31 Å². The minimum atomic E-state index is -3.78. The normalized spacial score (nSPS) is 14.9. The quantitative estimate of drug-likeness (QED) is 0.333. The van der Waals surface area contributed by atoms with E-state index in [1.54, 1.807) is 41.3 Å². The molecular weight excluding hydrogens is 484 g/mol. The van der Waals surface area contributed by atoms with Gasteiger partial charge in [-0.25, -0.2) is 8.42 Å². The second-order valence-corrected chi connectivity index (χ2v) is 10.9. The summed E-state index contributed by atoms with van der Waals surface area (Å²) < 4.78 is 34.6. The summed E-state index contributed by atoms with van der Waals surface area (Å²) in [7, 11) is -3.78. The predicted molar refractivity (Wildman–Crippen MR) is 144 cm³/mol. The van der Waals surface area contributed by atoms with Crippen molar-refractivity contribution in [3.05, 3.63) is 132 Å². The molecule has 4 aromatic rings. The largest absolute Gasteiger partial charge is 0.476 e. The fourth-order valence-corrected chi connectivity index (χ4v) is 6.06. The molecule has 188 valence electrons. The lowest BCUT2D eigenvalue weighted by Crippen LogP contribution is -2.51. The number of hydrogen-bond donors (Lipinski definition) is 0. The molecule has 0 aliphatic carbocycles. The number of carbonyl (C=O) groups is 1. The average Bonchev–Trinajstić information content (AvgIpc) is 2.93. The van der Waals surface area contributed by atoms with Crippen molar-refractivity contribution in [2.45, 2.75) is 24.9 Å². The zero-order chi connectivity index (χ0) is 25.7. The minimum absolute atomic E-state index is 0.0922. The summed E-state index contributed by atoms with van der Waals surface area (Å²) in [6.45, 7) is 0.671. The van der Waals surface area contributed by atoms with Crippen LogP contribution in [-0.2, 0) is 33.7 Å². The molecule has 1 atom stereocenters. The van der Waals surface area contributed by atoms with E-state index < -0.39 is 16.1 Å². The topological polar surface area (TPSA) is 66.9 Å². The maximum Gasteiger partial charge on any atom is 0.266 e. The van der Waals surface area contributed by atoms with Crippen molar-refractivity contribution >= 4 is 21.6 Å². The van der Waals surface area contributed by atoms with Gasteiger partial charge < -0.3 is 9.64 Å². The third-order valence-corrected chi connectivity index (χ3v) is 8.00. The number of rotatable bonds is 8. The summed E-state index contributed by atoms with van der Waals surface area (Å²) in [4.78, 5) is 15.7. The fraction of sp³-hybridized carbons (Fsp3) is 0.167. The van der Waals surface area contributed by atoms with Crippen molar-refractivity contribution in [1.29, 1.82) is 0 Å². The summed E-state index contributed by atoms with van der Waals surface area (Å²) in [5.74, 6) is -0.0499. The second-order valence-electron chi connectivity index (χ2n) is 9.01. The van der Waals surface area contributed by atoms with Crippen molar-refractivity contribution in [2.24, 2.45) is 0 Å². The lowest BCUT2D eigenvalue weighted by atomic mass is 10.1. The van der Waals surface area contributed by atoms with Gasteiger partial charge in [0.05, 0.1) is 18.0 Å². The Morgan fingerprint density at radius 3 is 1.78 bits per heavy atom. The van der Waals surface area contributed by atoms with Crippen LogP contribution in [0.15, 0.2) is 115 Å². The van der Waals surface area contributed by atoms with Gasteiger partial charge in [-0.15, -0.1) is 0 Å². The molecule has 5 rings (SSSR count). The summed E-state index contributed by atoms with van der Waals surface area (Å²) >= 11 is 0. The lowest BCUT2D eigenvalue weighted by Gasteiger charge is -2.37. The number of para-hydroxylation sites is 2. The average molecular weight is 513 g/mol. The van der Waals surface area contributed by atoms with Gasteiger partial charge in [0, 0.05) is 13.1 Å². The first-order chi connectivity index (χ1) is 18.0. The monoisotopic (exact) mass is 512 g/mol. The lowest BCUT2D eigenvalue weighted by molar-refractivity contribution is -0.139. The Morgan fingerprint density at radius 2 is 1.22 bits per heavy atom. The van der Waals surface area contributed by atoms with Crippen LogP contribution >= 0.6 is 0 Å². The van der Waals surface area contributed by atoms with Crippen LogP contribution in [0.4, 0.5) is 5.69 Å². The van der Waals surface area contributed by atoms with Gasteiger partial charge in [-0.05, 0) is 28.8 Å². The van der Waals surface area contributed by atoms with Gasteiger partial charge in [-0.1, -0.05) is 103 Å². The molecule has 0 saturated heterocycles. The van der Waals surface area contributed by atoms with Crippen LogP contribution in [0.3, 0.4) is 0 Å². The third-order valence-electron chi connectivity index (χ3n) is 6.28. The number of carbonyl (C=O) groups excluding carboxylic acids is 1. The Morgan fingerprint density at radius 1 is 0.730 bits per heavy atom. The van der Waals surface area contributed by atoms with E-state index in [0.717, 1.165) is 11.1 Å². The molecule has 6 nitrogen and oxygen atoms in total. The summed E-state index contributed by atoms with van der Waals surface area (Å²) in [6.07, 6.45) is -0.979. The van der Waals surface area contributed by atoms with Crippen LogP contribution in [-0.4, -0.2) is 31.9 Å². The van der Waals surface area contributed by atoms with Gasteiger partial charge in [-0.3, -0.25) is 9.10 Å². The highest BCUT2D eigenvalue weighted by molar-refractivity contribution is 7.92. The maximum absolute atomic E-state index is 13.9. The van der Waals surface area contributed by atoms with E-state index in [1.807, 2.05) is 78.9 Å². The van der Waals surface area contributed by atoms with Crippen molar-refractivity contribution in [2.75, 3.05) is 10.8 Å². The highest BCUT2D eigenvalue weighted by Crippen LogP contribution is 2.36. The molecule has 7 heteroatoms. The standard InChI is InChI=1S/C30H28N2O4S/c33-30(31(20-24-12-4-1-5-13-24)21-25-14-6-2-7-15-25)29-22-32(27-18-10-11-19-28(27)36-29)37(34,35)23-26-16-8-3-9-17-26/h1-19,29H,20-23H2. The van der Waals surface area contributed by atoms with Crippen LogP contribution in [0.5, 0.6) is 5.75 Å². The van der Waals surface area contributed by atoms with E-state index in [4.69, 9.17) is 4.74 Å². The minimum Gasteiger partial charge on any atom is -0.476 e. The van der Waals surface area contributed by atoms with Gasteiger partial charge >= 0.3 is 0 Å². The molecule has 0 radical (unpaired) electrons. The number of hydrogen-bond acceptors (Lipinski definition) is 4. The van der Waals surface area contributed by atoms with Crippen LogP contribution in [0.25, 0.3) is 0 Å². The van der Waals surface area contributed by atoms with E-state index in [9.17, 15) is 13.2 Å². The Bertz CT molecular complexity index is 1400. The third kappa shape index (κ3) is 5.84. The highest BCUT2D eigenvalue weighted by atomic mass is 32.2. The van der Waals surface area contributed by atoms with Crippen LogP contribution < -0.4 is 9.04 Å². The van der Waals surface area contributed by atoms with Gasteiger partial charge in [0.25, 0.3) is 5.91 Å². The molecule has 0 fully saturated rings. The summed E-state index contributed by atoms with van der Waals surface area (Å²) in [5.41, 5.74) is 3.09. The fourth-order valence-electron chi connectivity index (χ4n) is 4.48. The number of benzene rings is 4. The molecule has 0 N–H and O–H groups in total. The van der Waals surface area contributed by atoms with E-state index in [2.05, 4.69) is 0 Å². The SMILES string of the molecule is O=C(C1CN(S(=O)(=O)Cc2ccccc2)c2ccccc2O1)N(Cc1ccccc1)Cc1ccccc1. The smallest absolute Gasteiger partial charge is 0.266 e. The zero-order valence-corrected chi connectivity index (χ0v) is 21.1.